The first-order valence-electron chi connectivity index (χ1n) is 5.30. The van der Waals surface area contributed by atoms with Crippen LogP contribution in [0, 0.1) is 0 Å². The van der Waals surface area contributed by atoms with Crippen molar-refractivity contribution in [3.63, 3.8) is 0 Å². The largest absolute Gasteiger partial charge is 0.278 e. The summed E-state index contributed by atoms with van der Waals surface area (Å²) in [6.07, 6.45) is 5.34. The van der Waals surface area contributed by atoms with Gasteiger partial charge in [-0.05, 0) is 30.0 Å². The maximum Gasteiger partial charge on any atom is 0.0682 e. The zero-order valence-electron chi connectivity index (χ0n) is 8.80. The van der Waals surface area contributed by atoms with Crippen LogP contribution >= 0.6 is 0 Å². The fourth-order valence-corrected chi connectivity index (χ4v) is 1.91. The monoisotopic (exact) mass is 188 g/mol. The summed E-state index contributed by atoms with van der Waals surface area (Å²) >= 11 is 0. The zero-order chi connectivity index (χ0) is 9.97. The van der Waals surface area contributed by atoms with Crippen LogP contribution in [0.4, 0.5) is 0 Å². The van der Waals surface area contributed by atoms with E-state index in [0.717, 1.165) is 12.8 Å². The predicted molar refractivity (Wildman–Crippen MR) is 59.5 cm³/mol. The van der Waals surface area contributed by atoms with Gasteiger partial charge in [0.2, 0.25) is 0 Å². The standard InChI is InChI=1S/C12H16N2/c1-3-5-9-6-10(4-2)12-11(7-9)8-13-14-12/h6-8H,3-5H2,1-2H3,(H,13,14). The van der Waals surface area contributed by atoms with Crippen molar-refractivity contribution in [2.24, 2.45) is 0 Å². The molecule has 0 atom stereocenters. The number of hydrogen-bond donors (Lipinski definition) is 1. The highest BCUT2D eigenvalue weighted by Crippen LogP contribution is 2.20. The maximum atomic E-state index is 4.09. The van der Waals surface area contributed by atoms with Gasteiger partial charge in [0.05, 0.1) is 11.7 Å². The van der Waals surface area contributed by atoms with Crippen molar-refractivity contribution < 1.29 is 0 Å². The fourth-order valence-electron chi connectivity index (χ4n) is 1.91. The fraction of sp³-hybridized carbons (Fsp3) is 0.417. The van der Waals surface area contributed by atoms with Gasteiger partial charge in [-0.15, -0.1) is 0 Å². The average molecular weight is 188 g/mol. The molecule has 0 spiro atoms. The third kappa shape index (κ3) is 1.52. The van der Waals surface area contributed by atoms with Gasteiger partial charge in [0, 0.05) is 5.39 Å². The van der Waals surface area contributed by atoms with Crippen LogP contribution in [-0.2, 0) is 12.8 Å². The Morgan fingerprint density at radius 1 is 1.29 bits per heavy atom. The van der Waals surface area contributed by atoms with Crippen LogP contribution < -0.4 is 0 Å². The molecule has 2 heteroatoms. The molecule has 0 fully saturated rings. The Kier molecular flexibility index (Phi) is 2.53. The Morgan fingerprint density at radius 3 is 2.86 bits per heavy atom. The van der Waals surface area contributed by atoms with Crippen molar-refractivity contribution in [2.45, 2.75) is 33.1 Å². The average Bonchev–Trinajstić information content (AvgIpc) is 2.65. The molecule has 1 N–H and O–H groups in total. The lowest BCUT2D eigenvalue weighted by Gasteiger charge is -2.03. The Morgan fingerprint density at radius 2 is 2.14 bits per heavy atom. The summed E-state index contributed by atoms with van der Waals surface area (Å²) in [5, 5.41) is 8.39. The van der Waals surface area contributed by atoms with Gasteiger partial charge in [-0.1, -0.05) is 26.3 Å². The summed E-state index contributed by atoms with van der Waals surface area (Å²) in [6, 6.07) is 4.53. The number of hydrogen-bond acceptors (Lipinski definition) is 1. The summed E-state index contributed by atoms with van der Waals surface area (Å²) in [7, 11) is 0. The minimum Gasteiger partial charge on any atom is -0.278 e. The molecule has 0 amide bonds. The predicted octanol–water partition coefficient (Wildman–Crippen LogP) is 3.08. The molecule has 1 heterocycles. The smallest absolute Gasteiger partial charge is 0.0682 e. The summed E-state index contributed by atoms with van der Waals surface area (Å²) in [4.78, 5) is 0. The van der Waals surface area contributed by atoms with Gasteiger partial charge in [-0.3, -0.25) is 5.10 Å². The summed E-state index contributed by atoms with van der Waals surface area (Å²) in [5.74, 6) is 0. The lowest BCUT2D eigenvalue weighted by molar-refractivity contribution is 0.920. The van der Waals surface area contributed by atoms with E-state index in [2.05, 4.69) is 36.2 Å². The molecule has 74 valence electrons. The van der Waals surface area contributed by atoms with E-state index in [4.69, 9.17) is 0 Å². The van der Waals surface area contributed by atoms with Crippen LogP contribution in [0.15, 0.2) is 18.3 Å². The van der Waals surface area contributed by atoms with Crippen LogP contribution in [-0.4, -0.2) is 10.2 Å². The van der Waals surface area contributed by atoms with Crippen molar-refractivity contribution >= 4 is 10.9 Å². The number of rotatable bonds is 3. The molecule has 2 rings (SSSR count). The molecule has 0 aliphatic carbocycles. The summed E-state index contributed by atoms with van der Waals surface area (Å²) in [6.45, 7) is 4.40. The van der Waals surface area contributed by atoms with Gasteiger partial charge in [0.15, 0.2) is 0 Å². The molecule has 2 nitrogen and oxygen atoms in total. The van der Waals surface area contributed by atoms with E-state index < -0.39 is 0 Å². The van der Waals surface area contributed by atoms with E-state index in [1.54, 1.807) is 0 Å². The highest BCUT2D eigenvalue weighted by atomic mass is 15.1. The SMILES string of the molecule is CCCc1cc(CC)c2[nH]ncc2c1. The molecule has 0 saturated carbocycles. The molecule has 0 aliphatic rings. The molecule has 1 aromatic carbocycles. The molecule has 0 unspecified atom stereocenters. The lowest BCUT2D eigenvalue weighted by Crippen LogP contribution is -1.89. The normalized spacial score (nSPS) is 11.0. The Hall–Kier alpha value is -1.31. The zero-order valence-corrected chi connectivity index (χ0v) is 8.80. The molecule has 0 radical (unpaired) electrons. The summed E-state index contributed by atoms with van der Waals surface area (Å²) < 4.78 is 0. The summed E-state index contributed by atoms with van der Waals surface area (Å²) in [5.41, 5.74) is 4.01. The number of benzene rings is 1. The number of aryl methyl sites for hydroxylation is 2. The number of H-pyrrole nitrogens is 1. The number of aromatic nitrogens is 2. The molecule has 0 saturated heterocycles. The van der Waals surface area contributed by atoms with Crippen LogP contribution in [0.1, 0.15) is 31.4 Å². The van der Waals surface area contributed by atoms with Gasteiger partial charge in [0.1, 0.15) is 0 Å². The number of fused-ring (bicyclic) bond motifs is 1. The Bertz CT molecular complexity index is 429. The number of nitrogens with zero attached hydrogens (tertiary/aromatic N) is 1. The van der Waals surface area contributed by atoms with Crippen molar-refractivity contribution in [3.05, 3.63) is 29.5 Å². The van der Waals surface area contributed by atoms with E-state index in [0.29, 0.717) is 0 Å². The number of aromatic amines is 1. The van der Waals surface area contributed by atoms with Crippen molar-refractivity contribution in [3.8, 4) is 0 Å². The van der Waals surface area contributed by atoms with E-state index in [-0.39, 0.29) is 0 Å². The minimum absolute atomic E-state index is 1.07. The first-order chi connectivity index (χ1) is 6.85. The van der Waals surface area contributed by atoms with Gasteiger partial charge in [-0.25, -0.2) is 0 Å². The van der Waals surface area contributed by atoms with Crippen molar-refractivity contribution in [1.82, 2.24) is 10.2 Å². The van der Waals surface area contributed by atoms with Crippen molar-refractivity contribution in [2.75, 3.05) is 0 Å². The highest BCUT2D eigenvalue weighted by molar-refractivity contribution is 5.82. The molecule has 14 heavy (non-hydrogen) atoms. The van der Waals surface area contributed by atoms with E-state index in [1.165, 1.54) is 28.5 Å². The van der Waals surface area contributed by atoms with Crippen LogP contribution in [0.3, 0.4) is 0 Å². The third-order valence-electron chi connectivity index (χ3n) is 2.61. The van der Waals surface area contributed by atoms with E-state index in [9.17, 15) is 0 Å². The Balaban J connectivity index is 2.55. The van der Waals surface area contributed by atoms with Crippen LogP contribution in [0.25, 0.3) is 10.9 Å². The third-order valence-corrected chi connectivity index (χ3v) is 2.61. The molecule has 2 aromatic rings. The molecule has 0 aliphatic heterocycles. The minimum atomic E-state index is 1.07. The van der Waals surface area contributed by atoms with E-state index >= 15 is 0 Å². The Labute approximate surface area is 84.3 Å². The molecule has 1 aromatic heterocycles. The van der Waals surface area contributed by atoms with Gasteiger partial charge in [-0.2, -0.15) is 5.10 Å². The first-order valence-corrected chi connectivity index (χ1v) is 5.30. The molecule has 0 bridgehead atoms. The van der Waals surface area contributed by atoms with Crippen LogP contribution in [0.5, 0.6) is 0 Å². The molecular weight excluding hydrogens is 172 g/mol. The first kappa shape index (κ1) is 9.25. The van der Waals surface area contributed by atoms with Crippen LogP contribution in [0.2, 0.25) is 0 Å². The lowest BCUT2D eigenvalue weighted by atomic mass is 10.0. The van der Waals surface area contributed by atoms with Gasteiger partial charge >= 0.3 is 0 Å². The van der Waals surface area contributed by atoms with E-state index in [1.807, 2.05) is 6.20 Å². The maximum absolute atomic E-state index is 4.09. The second kappa shape index (κ2) is 3.82. The second-order valence-corrected chi connectivity index (χ2v) is 3.69. The van der Waals surface area contributed by atoms with Gasteiger partial charge in [0.25, 0.3) is 0 Å². The quantitative estimate of drug-likeness (QED) is 0.787. The molecular formula is C12H16N2. The van der Waals surface area contributed by atoms with Crippen molar-refractivity contribution in [1.29, 1.82) is 0 Å². The topological polar surface area (TPSA) is 28.7 Å². The second-order valence-electron chi connectivity index (χ2n) is 3.69. The van der Waals surface area contributed by atoms with Gasteiger partial charge < -0.3 is 0 Å². The number of nitrogens with one attached hydrogen (secondary N) is 1. The highest BCUT2D eigenvalue weighted by Gasteiger charge is 2.03.